The maximum atomic E-state index is 11.3. The zero-order chi connectivity index (χ0) is 11.6. The Hall–Kier alpha value is -0.280. The third-order valence-electron chi connectivity index (χ3n) is 3.44. The molecule has 3 nitrogen and oxygen atoms in total. The molecule has 1 aliphatic rings. The van der Waals surface area contributed by atoms with Crippen molar-refractivity contribution in [2.24, 2.45) is 11.7 Å². The number of hydrogen-bond acceptors (Lipinski definition) is 2. The second-order valence-corrected chi connectivity index (χ2v) is 4.89. The van der Waals surface area contributed by atoms with Gasteiger partial charge in [-0.1, -0.05) is 38.5 Å². The zero-order valence-corrected chi connectivity index (χ0v) is 11.6. The first-order valence-electron chi connectivity index (χ1n) is 6.79. The first-order valence-corrected chi connectivity index (χ1v) is 6.79. The molecule has 0 spiro atoms. The van der Waals surface area contributed by atoms with Crippen LogP contribution in [-0.4, -0.2) is 19.0 Å². The number of carbonyl (C=O) groups excluding carboxylic acids is 1. The molecule has 1 amide bonds. The summed E-state index contributed by atoms with van der Waals surface area (Å²) in [4.78, 5) is 11.3. The van der Waals surface area contributed by atoms with Gasteiger partial charge in [0.1, 0.15) is 0 Å². The lowest BCUT2D eigenvalue weighted by atomic mass is 10.0. The van der Waals surface area contributed by atoms with Gasteiger partial charge in [0.2, 0.25) is 5.91 Å². The van der Waals surface area contributed by atoms with Crippen molar-refractivity contribution in [3.8, 4) is 0 Å². The molecule has 102 valence electrons. The molecule has 1 saturated carbocycles. The molecule has 1 rings (SSSR count). The Labute approximate surface area is 111 Å². The molecule has 0 unspecified atom stereocenters. The van der Waals surface area contributed by atoms with Crippen molar-refractivity contribution >= 4 is 18.3 Å². The van der Waals surface area contributed by atoms with Gasteiger partial charge in [-0.05, 0) is 25.3 Å². The van der Waals surface area contributed by atoms with E-state index in [1.54, 1.807) is 0 Å². The van der Waals surface area contributed by atoms with E-state index < -0.39 is 0 Å². The van der Waals surface area contributed by atoms with E-state index in [-0.39, 0.29) is 18.3 Å². The van der Waals surface area contributed by atoms with E-state index in [1.807, 2.05) is 0 Å². The first kappa shape index (κ1) is 16.7. The van der Waals surface area contributed by atoms with Crippen molar-refractivity contribution in [3.05, 3.63) is 0 Å². The van der Waals surface area contributed by atoms with Gasteiger partial charge in [0.25, 0.3) is 0 Å². The number of halogens is 1. The summed E-state index contributed by atoms with van der Waals surface area (Å²) >= 11 is 0. The van der Waals surface area contributed by atoms with E-state index in [9.17, 15) is 4.79 Å². The van der Waals surface area contributed by atoms with Gasteiger partial charge in [-0.15, -0.1) is 12.4 Å². The van der Waals surface area contributed by atoms with Gasteiger partial charge in [0.15, 0.2) is 0 Å². The molecular formula is C13H27ClN2O. The average Bonchev–Trinajstić information content (AvgIpc) is 2.79. The Morgan fingerprint density at radius 1 is 1.18 bits per heavy atom. The second-order valence-electron chi connectivity index (χ2n) is 4.89. The minimum Gasteiger partial charge on any atom is -0.356 e. The molecule has 0 aromatic carbocycles. The fraction of sp³-hybridized carbons (Fsp3) is 0.923. The summed E-state index contributed by atoms with van der Waals surface area (Å²) in [7, 11) is 0. The molecule has 1 aliphatic carbocycles. The largest absolute Gasteiger partial charge is 0.356 e. The van der Waals surface area contributed by atoms with Gasteiger partial charge in [-0.2, -0.15) is 0 Å². The third-order valence-corrected chi connectivity index (χ3v) is 3.44. The summed E-state index contributed by atoms with van der Waals surface area (Å²) in [6.07, 6.45) is 10.9. The van der Waals surface area contributed by atoms with Gasteiger partial charge in [0.05, 0.1) is 0 Å². The van der Waals surface area contributed by atoms with Crippen LogP contribution in [0.25, 0.3) is 0 Å². The van der Waals surface area contributed by atoms with Crippen LogP contribution in [-0.2, 0) is 4.79 Å². The molecule has 0 bridgehead atoms. The molecule has 4 heteroatoms. The van der Waals surface area contributed by atoms with E-state index in [0.29, 0.717) is 13.0 Å². The highest BCUT2D eigenvalue weighted by Gasteiger charge is 2.13. The summed E-state index contributed by atoms with van der Waals surface area (Å²) < 4.78 is 0. The number of hydrogen-bond donors (Lipinski definition) is 2. The number of nitrogens with two attached hydrogens (primary N) is 1. The van der Waals surface area contributed by atoms with Crippen LogP contribution >= 0.6 is 12.4 Å². The number of rotatable bonds is 8. The van der Waals surface area contributed by atoms with Crippen molar-refractivity contribution in [1.82, 2.24) is 5.32 Å². The fourth-order valence-electron chi connectivity index (χ4n) is 2.44. The fourth-order valence-corrected chi connectivity index (χ4v) is 2.44. The van der Waals surface area contributed by atoms with Crippen LogP contribution in [0, 0.1) is 5.92 Å². The highest BCUT2D eigenvalue weighted by molar-refractivity contribution is 5.85. The summed E-state index contributed by atoms with van der Waals surface area (Å²) in [5.41, 5.74) is 5.34. The van der Waals surface area contributed by atoms with Crippen molar-refractivity contribution in [2.75, 3.05) is 13.1 Å². The van der Waals surface area contributed by atoms with E-state index >= 15 is 0 Å². The van der Waals surface area contributed by atoms with Crippen molar-refractivity contribution < 1.29 is 4.79 Å². The van der Waals surface area contributed by atoms with Crippen LogP contribution < -0.4 is 11.1 Å². The minimum atomic E-state index is 0. The van der Waals surface area contributed by atoms with E-state index in [1.165, 1.54) is 38.5 Å². The number of amides is 1. The Kier molecular flexibility index (Phi) is 10.7. The van der Waals surface area contributed by atoms with Gasteiger partial charge < -0.3 is 11.1 Å². The quantitative estimate of drug-likeness (QED) is 0.661. The molecule has 0 saturated heterocycles. The monoisotopic (exact) mass is 262 g/mol. The SMILES string of the molecule is Cl.NCCCC(=O)NCCCCC1CCCC1. The van der Waals surface area contributed by atoms with E-state index in [4.69, 9.17) is 5.73 Å². The predicted molar refractivity (Wildman–Crippen MR) is 74.4 cm³/mol. The lowest BCUT2D eigenvalue weighted by Gasteiger charge is -2.08. The van der Waals surface area contributed by atoms with E-state index in [2.05, 4.69) is 5.32 Å². The van der Waals surface area contributed by atoms with E-state index in [0.717, 1.165) is 25.3 Å². The average molecular weight is 263 g/mol. The zero-order valence-electron chi connectivity index (χ0n) is 10.7. The Morgan fingerprint density at radius 2 is 1.88 bits per heavy atom. The molecule has 0 aliphatic heterocycles. The summed E-state index contributed by atoms with van der Waals surface area (Å²) in [6.45, 7) is 1.45. The van der Waals surface area contributed by atoms with Crippen molar-refractivity contribution in [1.29, 1.82) is 0 Å². The number of carbonyl (C=O) groups is 1. The maximum Gasteiger partial charge on any atom is 0.220 e. The van der Waals surface area contributed by atoms with Crippen LogP contribution in [0.2, 0.25) is 0 Å². The Balaban J connectivity index is 0.00000256. The molecule has 0 heterocycles. The van der Waals surface area contributed by atoms with Crippen molar-refractivity contribution in [3.63, 3.8) is 0 Å². The molecule has 1 fully saturated rings. The highest BCUT2D eigenvalue weighted by atomic mass is 35.5. The smallest absolute Gasteiger partial charge is 0.220 e. The van der Waals surface area contributed by atoms with Gasteiger partial charge >= 0.3 is 0 Å². The Bertz CT molecular complexity index is 194. The number of unbranched alkanes of at least 4 members (excludes halogenated alkanes) is 1. The molecular weight excluding hydrogens is 236 g/mol. The normalized spacial score (nSPS) is 15.6. The highest BCUT2D eigenvalue weighted by Crippen LogP contribution is 2.28. The maximum absolute atomic E-state index is 11.3. The molecule has 0 aromatic rings. The second kappa shape index (κ2) is 10.8. The lowest BCUT2D eigenvalue weighted by Crippen LogP contribution is -2.24. The minimum absolute atomic E-state index is 0. The van der Waals surface area contributed by atoms with Crippen LogP contribution in [0.4, 0.5) is 0 Å². The van der Waals surface area contributed by atoms with Crippen LogP contribution in [0.1, 0.15) is 57.8 Å². The topological polar surface area (TPSA) is 55.1 Å². The molecule has 0 aromatic heterocycles. The third kappa shape index (κ3) is 8.44. The predicted octanol–water partition coefficient (Wildman–Crippen LogP) is 2.62. The summed E-state index contributed by atoms with van der Waals surface area (Å²) in [5.74, 6) is 1.14. The molecule has 0 radical (unpaired) electrons. The summed E-state index contributed by atoms with van der Waals surface area (Å²) in [6, 6.07) is 0. The van der Waals surface area contributed by atoms with Gasteiger partial charge in [-0.25, -0.2) is 0 Å². The molecule has 0 atom stereocenters. The number of nitrogens with one attached hydrogen (secondary N) is 1. The lowest BCUT2D eigenvalue weighted by molar-refractivity contribution is -0.121. The van der Waals surface area contributed by atoms with Gasteiger partial charge in [-0.3, -0.25) is 4.79 Å². The van der Waals surface area contributed by atoms with Crippen LogP contribution in [0.5, 0.6) is 0 Å². The summed E-state index contributed by atoms with van der Waals surface area (Å²) in [5, 5.41) is 2.95. The molecule has 17 heavy (non-hydrogen) atoms. The molecule has 3 N–H and O–H groups in total. The van der Waals surface area contributed by atoms with Crippen LogP contribution in [0.15, 0.2) is 0 Å². The van der Waals surface area contributed by atoms with Crippen LogP contribution in [0.3, 0.4) is 0 Å². The standard InChI is InChI=1S/C13H26N2O.ClH/c14-10-5-9-13(16)15-11-4-3-8-12-6-1-2-7-12;/h12H,1-11,14H2,(H,15,16);1H. The van der Waals surface area contributed by atoms with Gasteiger partial charge in [0, 0.05) is 13.0 Å². The Morgan fingerprint density at radius 3 is 2.53 bits per heavy atom. The van der Waals surface area contributed by atoms with Crippen molar-refractivity contribution in [2.45, 2.75) is 57.8 Å². The first-order chi connectivity index (χ1) is 7.83.